The standard InChI is InChI=1S/C7H16O5/c1-5(9)7(10)6(3-8)12-4-11-2/h5-10H,3-4H2,1-2H3/t5-,6?,7-/m1/s1. The van der Waals surface area contributed by atoms with Gasteiger partial charge in [-0.05, 0) is 6.92 Å². The predicted octanol–water partition coefficient (Wildman–Crippen LogP) is -1.29. The van der Waals surface area contributed by atoms with Crippen molar-refractivity contribution in [2.75, 3.05) is 20.5 Å². The lowest BCUT2D eigenvalue weighted by Crippen LogP contribution is -2.40. The number of aliphatic hydroxyl groups excluding tert-OH is 3. The smallest absolute Gasteiger partial charge is 0.146 e. The summed E-state index contributed by atoms with van der Waals surface area (Å²) in [6, 6.07) is 0. The van der Waals surface area contributed by atoms with Crippen molar-refractivity contribution in [2.45, 2.75) is 25.2 Å². The summed E-state index contributed by atoms with van der Waals surface area (Å²) in [6.07, 6.45) is -2.82. The van der Waals surface area contributed by atoms with Gasteiger partial charge in [-0.1, -0.05) is 0 Å². The third-order valence-electron chi connectivity index (χ3n) is 1.46. The van der Waals surface area contributed by atoms with E-state index in [0.29, 0.717) is 0 Å². The first-order valence-corrected chi connectivity index (χ1v) is 3.71. The molecule has 0 aromatic heterocycles. The van der Waals surface area contributed by atoms with Gasteiger partial charge in [-0.3, -0.25) is 0 Å². The van der Waals surface area contributed by atoms with E-state index in [1.54, 1.807) is 0 Å². The van der Waals surface area contributed by atoms with Crippen LogP contribution in [0.5, 0.6) is 0 Å². The van der Waals surface area contributed by atoms with Crippen molar-refractivity contribution in [3.63, 3.8) is 0 Å². The van der Waals surface area contributed by atoms with Gasteiger partial charge >= 0.3 is 0 Å². The molecule has 3 N–H and O–H groups in total. The summed E-state index contributed by atoms with van der Waals surface area (Å²) in [7, 11) is 1.43. The fourth-order valence-corrected chi connectivity index (χ4v) is 0.725. The molecule has 0 aliphatic carbocycles. The highest BCUT2D eigenvalue weighted by Gasteiger charge is 2.23. The van der Waals surface area contributed by atoms with Crippen LogP contribution in [-0.4, -0.2) is 54.1 Å². The molecule has 0 saturated heterocycles. The minimum atomic E-state index is -1.09. The van der Waals surface area contributed by atoms with E-state index in [9.17, 15) is 5.11 Å². The highest BCUT2D eigenvalue weighted by Crippen LogP contribution is 2.03. The topological polar surface area (TPSA) is 79.2 Å². The molecule has 12 heavy (non-hydrogen) atoms. The Bertz CT molecular complexity index is 106. The monoisotopic (exact) mass is 180 g/mol. The molecule has 0 radical (unpaired) electrons. The van der Waals surface area contributed by atoms with Crippen LogP contribution < -0.4 is 0 Å². The zero-order chi connectivity index (χ0) is 9.56. The van der Waals surface area contributed by atoms with Gasteiger partial charge in [0.15, 0.2) is 0 Å². The first kappa shape index (κ1) is 11.8. The Hall–Kier alpha value is -0.200. The molecular formula is C7H16O5. The van der Waals surface area contributed by atoms with E-state index in [0.717, 1.165) is 0 Å². The molecular weight excluding hydrogens is 164 g/mol. The van der Waals surface area contributed by atoms with Crippen molar-refractivity contribution in [2.24, 2.45) is 0 Å². The number of hydrogen-bond acceptors (Lipinski definition) is 5. The predicted molar refractivity (Wildman–Crippen MR) is 41.5 cm³/mol. The number of rotatable bonds is 6. The van der Waals surface area contributed by atoms with Crippen molar-refractivity contribution in [1.29, 1.82) is 0 Å². The number of aliphatic hydroxyl groups is 3. The molecule has 74 valence electrons. The van der Waals surface area contributed by atoms with E-state index in [4.69, 9.17) is 14.9 Å². The maximum absolute atomic E-state index is 9.22. The lowest BCUT2D eigenvalue weighted by Gasteiger charge is -2.22. The fraction of sp³-hybridized carbons (Fsp3) is 1.00. The van der Waals surface area contributed by atoms with Crippen molar-refractivity contribution in [3.05, 3.63) is 0 Å². The van der Waals surface area contributed by atoms with Gasteiger partial charge in [-0.2, -0.15) is 0 Å². The van der Waals surface area contributed by atoms with Gasteiger partial charge in [0.25, 0.3) is 0 Å². The lowest BCUT2D eigenvalue weighted by atomic mass is 10.1. The Morgan fingerprint density at radius 1 is 1.33 bits per heavy atom. The van der Waals surface area contributed by atoms with Gasteiger partial charge < -0.3 is 24.8 Å². The van der Waals surface area contributed by atoms with Crippen molar-refractivity contribution >= 4 is 0 Å². The number of methoxy groups -OCH3 is 1. The minimum absolute atomic E-state index is 0.0188. The van der Waals surface area contributed by atoms with Gasteiger partial charge in [0.2, 0.25) is 0 Å². The second-order valence-electron chi connectivity index (χ2n) is 2.53. The van der Waals surface area contributed by atoms with E-state index in [1.807, 2.05) is 0 Å². The number of hydrogen-bond donors (Lipinski definition) is 3. The van der Waals surface area contributed by atoms with E-state index >= 15 is 0 Å². The van der Waals surface area contributed by atoms with E-state index in [1.165, 1.54) is 14.0 Å². The molecule has 0 fully saturated rings. The first-order valence-electron chi connectivity index (χ1n) is 3.71. The van der Waals surface area contributed by atoms with Crippen LogP contribution in [-0.2, 0) is 9.47 Å². The third-order valence-corrected chi connectivity index (χ3v) is 1.46. The quantitative estimate of drug-likeness (QED) is 0.443. The molecule has 0 aliphatic heterocycles. The van der Waals surface area contributed by atoms with Crippen LogP contribution in [0.15, 0.2) is 0 Å². The molecule has 0 aliphatic rings. The van der Waals surface area contributed by atoms with Crippen molar-refractivity contribution < 1.29 is 24.8 Å². The highest BCUT2D eigenvalue weighted by molar-refractivity contribution is 4.72. The summed E-state index contributed by atoms with van der Waals surface area (Å²) in [5.74, 6) is 0. The maximum Gasteiger partial charge on any atom is 0.146 e. The van der Waals surface area contributed by atoms with Crippen LogP contribution in [0.3, 0.4) is 0 Å². The van der Waals surface area contributed by atoms with Crippen LogP contribution in [0.4, 0.5) is 0 Å². The van der Waals surface area contributed by atoms with Crippen molar-refractivity contribution in [1.82, 2.24) is 0 Å². The van der Waals surface area contributed by atoms with Crippen LogP contribution in [0, 0.1) is 0 Å². The van der Waals surface area contributed by atoms with E-state index < -0.39 is 18.3 Å². The molecule has 0 saturated carbocycles. The van der Waals surface area contributed by atoms with Crippen LogP contribution in [0.1, 0.15) is 6.92 Å². The third kappa shape index (κ3) is 3.99. The van der Waals surface area contributed by atoms with Gasteiger partial charge in [-0.25, -0.2) is 0 Å². The minimum Gasteiger partial charge on any atom is -0.394 e. The number of ether oxygens (including phenoxy) is 2. The van der Waals surface area contributed by atoms with E-state index in [2.05, 4.69) is 4.74 Å². The summed E-state index contributed by atoms with van der Waals surface area (Å²) in [5.41, 5.74) is 0. The summed E-state index contributed by atoms with van der Waals surface area (Å²) in [6.45, 7) is 1.05. The van der Waals surface area contributed by atoms with Gasteiger partial charge in [0, 0.05) is 7.11 Å². The first-order chi connectivity index (χ1) is 5.63. The summed E-state index contributed by atoms with van der Waals surface area (Å²) >= 11 is 0. The molecule has 0 rings (SSSR count). The van der Waals surface area contributed by atoms with Crippen LogP contribution >= 0.6 is 0 Å². The summed E-state index contributed by atoms with van der Waals surface area (Å²) in [5, 5.41) is 26.9. The molecule has 0 aromatic carbocycles. The van der Waals surface area contributed by atoms with E-state index in [-0.39, 0.29) is 13.4 Å². The summed E-state index contributed by atoms with van der Waals surface area (Å²) < 4.78 is 9.46. The zero-order valence-electron chi connectivity index (χ0n) is 7.30. The van der Waals surface area contributed by atoms with Gasteiger partial charge in [0.05, 0.1) is 12.7 Å². The molecule has 3 atom stereocenters. The maximum atomic E-state index is 9.22. The SMILES string of the molecule is COCOC(CO)[C@H](O)[C@@H](C)O. The molecule has 0 heterocycles. The Morgan fingerprint density at radius 2 is 1.92 bits per heavy atom. The Labute approximate surface area is 71.5 Å². The summed E-state index contributed by atoms with van der Waals surface area (Å²) in [4.78, 5) is 0. The molecule has 0 spiro atoms. The highest BCUT2D eigenvalue weighted by atomic mass is 16.7. The molecule has 5 heteroatoms. The second-order valence-corrected chi connectivity index (χ2v) is 2.53. The molecule has 0 bridgehead atoms. The normalized spacial score (nSPS) is 18.8. The van der Waals surface area contributed by atoms with Crippen LogP contribution in [0.25, 0.3) is 0 Å². The molecule has 0 amide bonds. The van der Waals surface area contributed by atoms with Crippen LogP contribution in [0.2, 0.25) is 0 Å². The Kier molecular flexibility index (Phi) is 6.23. The lowest BCUT2D eigenvalue weighted by molar-refractivity contribution is -0.147. The van der Waals surface area contributed by atoms with Crippen molar-refractivity contribution in [3.8, 4) is 0 Å². The largest absolute Gasteiger partial charge is 0.394 e. The molecule has 1 unspecified atom stereocenters. The zero-order valence-corrected chi connectivity index (χ0v) is 7.30. The average Bonchev–Trinajstić information content (AvgIpc) is 2.05. The molecule has 5 nitrogen and oxygen atoms in total. The Morgan fingerprint density at radius 3 is 2.25 bits per heavy atom. The molecule has 0 aromatic rings. The Balaban J connectivity index is 3.79. The van der Waals surface area contributed by atoms with Gasteiger partial charge in [0.1, 0.15) is 19.0 Å². The second kappa shape index (κ2) is 6.33. The average molecular weight is 180 g/mol. The van der Waals surface area contributed by atoms with Gasteiger partial charge in [-0.15, -0.1) is 0 Å². The fourth-order valence-electron chi connectivity index (χ4n) is 0.725.